The molecule has 1 amide bonds. The standard InChI is InChI=1S/C17H15Cl2IN2O4/c1-2-25-15-6-10(5-13(20)17(15)24)8-21-22-16(23)9-26-14-4-3-11(18)7-12(14)19/h3-8,24H,2,9H2,1H3,(H,22,23)/b21-8+. The Hall–Kier alpha value is -1.71. The Morgan fingerprint density at radius 1 is 1.27 bits per heavy atom. The first kappa shape index (κ1) is 20.6. The largest absolute Gasteiger partial charge is 0.504 e. The molecule has 0 unspecified atom stereocenters. The van der Waals surface area contributed by atoms with Crippen molar-refractivity contribution in [2.24, 2.45) is 5.10 Å². The molecule has 0 aliphatic heterocycles. The van der Waals surface area contributed by atoms with Crippen molar-refractivity contribution in [3.63, 3.8) is 0 Å². The van der Waals surface area contributed by atoms with Gasteiger partial charge in [0.2, 0.25) is 0 Å². The molecule has 0 saturated heterocycles. The Morgan fingerprint density at radius 3 is 2.73 bits per heavy atom. The van der Waals surface area contributed by atoms with Crippen LogP contribution in [0.3, 0.4) is 0 Å². The van der Waals surface area contributed by atoms with Crippen LogP contribution in [0.2, 0.25) is 10.0 Å². The lowest BCUT2D eigenvalue weighted by Crippen LogP contribution is -2.24. The van der Waals surface area contributed by atoms with Crippen LogP contribution < -0.4 is 14.9 Å². The Balaban J connectivity index is 1.92. The molecular formula is C17H15Cl2IN2O4. The lowest BCUT2D eigenvalue weighted by Gasteiger charge is -2.08. The normalized spacial score (nSPS) is 10.8. The first-order chi connectivity index (χ1) is 12.4. The maximum Gasteiger partial charge on any atom is 0.277 e. The maximum absolute atomic E-state index is 11.8. The highest BCUT2D eigenvalue weighted by Gasteiger charge is 2.09. The second kappa shape index (κ2) is 9.84. The van der Waals surface area contributed by atoms with E-state index in [1.165, 1.54) is 12.3 Å². The lowest BCUT2D eigenvalue weighted by molar-refractivity contribution is -0.123. The molecule has 6 nitrogen and oxygen atoms in total. The molecular weight excluding hydrogens is 494 g/mol. The summed E-state index contributed by atoms with van der Waals surface area (Å²) in [6.07, 6.45) is 1.44. The third-order valence-corrected chi connectivity index (χ3v) is 4.36. The topological polar surface area (TPSA) is 80.2 Å². The number of phenols is 1. The maximum atomic E-state index is 11.8. The van der Waals surface area contributed by atoms with E-state index in [9.17, 15) is 9.90 Å². The Morgan fingerprint density at radius 2 is 2.04 bits per heavy atom. The molecule has 0 saturated carbocycles. The van der Waals surface area contributed by atoms with Crippen LogP contribution in [0.5, 0.6) is 17.2 Å². The van der Waals surface area contributed by atoms with Crippen molar-refractivity contribution in [3.05, 3.63) is 49.5 Å². The van der Waals surface area contributed by atoms with Gasteiger partial charge < -0.3 is 14.6 Å². The molecule has 0 bridgehead atoms. The molecule has 0 spiro atoms. The molecule has 0 aliphatic rings. The van der Waals surface area contributed by atoms with Gasteiger partial charge in [0.1, 0.15) is 5.75 Å². The van der Waals surface area contributed by atoms with Crippen LogP contribution in [-0.4, -0.2) is 30.4 Å². The number of hydrazone groups is 1. The average Bonchev–Trinajstić information content (AvgIpc) is 2.58. The van der Waals surface area contributed by atoms with Crippen LogP contribution >= 0.6 is 45.8 Å². The summed E-state index contributed by atoms with van der Waals surface area (Å²) in [5, 5.41) is 14.6. The van der Waals surface area contributed by atoms with E-state index in [0.29, 0.717) is 37.3 Å². The smallest absolute Gasteiger partial charge is 0.277 e. The monoisotopic (exact) mass is 508 g/mol. The molecule has 9 heteroatoms. The van der Waals surface area contributed by atoms with E-state index in [1.54, 1.807) is 24.3 Å². The minimum atomic E-state index is -0.453. The fraction of sp³-hybridized carbons (Fsp3) is 0.176. The predicted molar refractivity (Wildman–Crippen MR) is 110 cm³/mol. The zero-order valence-electron chi connectivity index (χ0n) is 13.6. The van der Waals surface area contributed by atoms with E-state index in [-0.39, 0.29) is 12.4 Å². The summed E-state index contributed by atoms with van der Waals surface area (Å²) in [7, 11) is 0. The van der Waals surface area contributed by atoms with Crippen molar-refractivity contribution in [3.8, 4) is 17.2 Å². The number of halogens is 3. The molecule has 2 aromatic carbocycles. The van der Waals surface area contributed by atoms with Crippen LogP contribution in [-0.2, 0) is 4.79 Å². The van der Waals surface area contributed by atoms with Gasteiger partial charge in [0.25, 0.3) is 5.91 Å². The molecule has 2 rings (SSSR count). The molecule has 0 heterocycles. The summed E-state index contributed by atoms with van der Waals surface area (Å²) in [6, 6.07) is 8.05. The number of nitrogens with one attached hydrogen (secondary N) is 1. The van der Waals surface area contributed by atoms with E-state index in [1.807, 2.05) is 29.5 Å². The first-order valence-corrected chi connectivity index (χ1v) is 9.29. The minimum absolute atomic E-state index is 0.0712. The van der Waals surface area contributed by atoms with Crippen molar-refractivity contribution < 1.29 is 19.4 Å². The van der Waals surface area contributed by atoms with Crippen LogP contribution in [0.15, 0.2) is 35.4 Å². The summed E-state index contributed by atoms with van der Waals surface area (Å²) in [4.78, 5) is 11.8. The number of rotatable bonds is 7. The van der Waals surface area contributed by atoms with Crippen molar-refractivity contribution in [1.29, 1.82) is 0 Å². The van der Waals surface area contributed by atoms with Crippen molar-refractivity contribution >= 4 is 57.9 Å². The van der Waals surface area contributed by atoms with Gasteiger partial charge in [-0.1, -0.05) is 23.2 Å². The summed E-state index contributed by atoms with van der Waals surface area (Å²) < 4.78 is 11.3. The van der Waals surface area contributed by atoms with Crippen molar-refractivity contribution in [2.75, 3.05) is 13.2 Å². The van der Waals surface area contributed by atoms with E-state index in [4.69, 9.17) is 32.7 Å². The fourth-order valence-electron chi connectivity index (χ4n) is 1.88. The Kier molecular flexibility index (Phi) is 7.80. The number of carbonyl (C=O) groups excluding carboxylic acids is 1. The molecule has 0 fully saturated rings. The van der Waals surface area contributed by atoms with E-state index >= 15 is 0 Å². The fourth-order valence-corrected chi connectivity index (χ4v) is 2.97. The van der Waals surface area contributed by atoms with Gasteiger partial charge in [-0.25, -0.2) is 5.43 Å². The Bertz CT molecular complexity index is 831. The molecule has 0 radical (unpaired) electrons. The molecule has 2 N–H and O–H groups in total. The van der Waals surface area contributed by atoms with Gasteiger partial charge >= 0.3 is 0 Å². The summed E-state index contributed by atoms with van der Waals surface area (Å²) in [6.45, 7) is 1.99. The van der Waals surface area contributed by atoms with Gasteiger partial charge in [-0.3, -0.25) is 4.79 Å². The number of amides is 1. The number of benzene rings is 2. The van der Waals surface area contributed by atoms with E-state index < -0.39 is 5.91 Å². The molecule has 0 atom stereocenters. The molecule has 0 aromatic heterocycles. The van der Waals surface area contributed by atoms with Gasteiger partial charge in [-0.05, 0) is 65.4 Å². The lowest BCUT2D eigenvalue weighted by atomic mass is 10.2. The highest BCUT2D eigenvalue weighted by molar-refractivity contribution is 14.1. The third-order valence-electron chi connectivity index (χ3n) is 3.01. The molecule has 26 heavy (non-hydrogen) atoms. The zero-order chi connectivity index (χ0) is 19.1. The van der Waals surface area contributed by atoms with Crippen LogP contribution in [0.1, 0.15) is 12.5 Å². The summed E-state index contributed by atoms with van der Waals surface area (Å²) in [5.74, 6) is 0.324. The summed E-state index contributed by atoms with van der Waals surface area (Å²) in [5.41, 5.74) is 3.01. The van der Waals surface area contributed by atoms with Gasteiger partial charge in [-0.2, -0.15) is 5.10 Å². The van der Waals surface area contributed by atoms with Gasteiger partial charge in [0, 0.05) is 5.02 Å². The minimum Gasteiger partial charge on any atom is -0.504 e. The number of phenolic OH excluding ortho intramolecular Hbond substituents is 1. The van der Waals surface area contributed by atoms with Crippen LogP contribution in [0.25, 0.3) is 0 Å². The van der Waals surface area contributed by atoms with Gasteiger partial charge in [-0.15, -0.1) is 0 Å². The molecule has 2 aromatic rings. The summed E-state index contributed by atoms with van der Waals surface area (Å²) >= 11 is 13.7. The SMILES string of the molecule is CCOc1cc(/C=N/NC(=O)COc2ccc(Cl)cc2Cl)cc(I)c1O. The van der Waals surface area contributed by atoms with Gasteiger partial charge in [0.15, 0.2) is 18.1 Å². The highest BCUT2D eigenvalue weighted by atomic mass is 127. The predicted octanol–water partition coefficient (Wildman–Crippen LogP) is 4.23. The Labute approximate surface area is 174 Å². The average molecular weight is 509 g/mol. The number of hydrogen-bond donors (Lipinski definition) is 2. The molecule has 138 valence electrons. The first-order valence-electron chi connectivity index (χ1n) is 7.45. The van der Waals surface area contributed by atoms with E-state index in [0.717, 1.165) is 0 Å². The number of aromatic hydroxyl groups is 1. The zero-order valence-corrected chi connectivity index (χ0v) is 17.3. The molecule has 0 aliphatic carbocycles. The highest BCUT2D eigenvalue weighted by Crippen LogP contribution is 2.32. The van der Waals surface area contributed by atoms with Gasteiger partial charge in [0.05, 0.1) is 21.4 Å². The second-order valence-electron chi connectivity index (χ2n) is 4.94. The number of hydrogen-bond acceptors (Lipinski definition) is 5. The van der Waals surface area contributed by atoms with Crippen LogP contribution in [0, 0.1) is 3.57 Å². The third kappa shape index (κ3) is 5.93. The van der Waals surface area contributed by atoms with Crippen LogP contribution in [0.4, 0.5) is 0 Å². The second-order valence-corrected chi connectivity index (χ2v) is 6.94. The van der Waals surface area contributed by atoms with Crippen molar-refractivity contribution in [2.45, 2.75) is 6.92 Å². The van der Waals surface area contributed by atoms with Crippen molar-refractivity contribution in [1.82, 2.24) is 5.43 Å². The van der Waals surface area contributed by atoms with E-state index in [2.05, 4.69) is 10.5 Å². The number of ether oxygens (including phenoxy) is 2. The number of nitrogens with zero attached hydrogens (tertiary/aromatic N) is 1. The quantitative estimate of drug-likeness (QED) is 0.333. The number of carbonyl (C=O) groups is 1.